The molecule has 4 aromatic rings. The zero-order chi connectivity index (χ0) is 21.4. The van der Waals surface area contributed by atoms with E-state index in [2.05, 4.69) is 4.98 Å². The fourth-order valence-corrected chi connectivity index (χ4v) is 5.13. The summed E-state index contributed by atoms with van der Waals surface area (Å²) in [5.41, 5.74) is 3.63. The van der Waals surface area contributed by atoms with E-state index in [1.807, 2.05) is 60.4 Å². The summed E-state index contributed by atoms with van der Waals surface area (Å²) in [6.45, 7) is 3.61. The molecule has 0 atom stereocenters. The number of benzene rings is 2. The predicted molar refractivity (Wildman–Crippen MR) is 125 cm³/mol. The van der Waals surface area contributed by atoms with Gasteiger partial charge in [-0.05, 0) is 43.9 Å². The van der Waals surface area contributed by atoms with Gasteiger partial charge in [0.2, 0.25) is 5.91 Å². The van der Waals surface area contributed by atoms with Gasteiger partial charge in [-0.25, -0.2) is 4.98 Å². The summed E-state index contributed by atoms with van der Waals surface area (Å²) in [6, 6.07) is 15.5. The van der Waals surface area contributed by atoms with E-state index in [-0.39, 0.29) is 17.2 Å². The van der Waals surface area contributed by atoms with Gasteiger partial charge in [0.1, 0.15) is 11.0 Å². The lowest BCUT2D eigenvalue weighted by Gasteiger charge is -2.26. The highest BCUT2D eigenvalue weighted by Crippen LogP contribution is 2.27. The number of hydrogen-bond donors (Lipinski definition) is 1. The number of H-pyrrole nitrogens is 1. The standard InChI is InChI=1S/C24H24N4O2S/c1-16-9-3-6-12-19(16)28-23(30)22-21(17-10-4-5-11-18(17)25-22)26-24(28)31-15-20(29)27-13-7-2-8-14-27/h3-6,9-12,25H,2,7-8,13-15H2,1H3. The van der Waals surface area contributed by atoms with Crippen LogP contribution in [0.15, 0.2) is 58.5 Å². The number of piperidine rings is 1. The molecular formula is C24H24N4O2S. The number of amides is 1. The van der Waals surface area contributed by atoms with Gasteiger partial charge in [0.25, 0.3) is 5.56 Å². The maximum absolute atomic E-state index is 13.6. The van der Waals surface area contributed by atoms with E-state index in [0.717, 1.165) is 48.1 Å². The molecule has 0 radical (unpaired) electrons. The molecule has 5 rings (SSSR count). The molecular weight excluding hydrogens is 408 g/mol. The van der Waals surface area contributed by atoms with Crippen LogP contribution in [-0.2, 0) is 4.79 Å². The quantitative estimate of drug-likeness (QED) is 0.386. The fourth-order valence-electron chi connectivity index (χ4n) is 4.23. The maximum atomic E-state index is 13.6. The number of aromatic amines is 1. The van der Waals surface area contributed by atoms with Crippen molar-refractivity contribution >= 4 is 39.6 Å². The number of hydrogen-bond acceptors (Lipinski definition) is 4. The number of rotatable bonds is 4. The average Bonchev–Trinajstić information content (AvgIpc) is 3.18. The van der Waals surface area contributed by atoms with Crippen molar-refractivity contribution in [1.29, 1.82) is 0 Å². The van der Waals surface area contributed by atoms with E-state index >= 15 is 0 Å². The molecule has 6 nitrogen and oxygen atoms in total. The Labute approximate surface area is 184 Å². The molecule has 1 aliphatic rings. The van der Waals surface area contributed by atoms with Gasteiger partial charge in [0, 0.05) is 24.0 Å². The second-order valence-electron chi connectivity index (χ2n) is 7.95. The topological polar surface area (TPSA) is 71.0 Å². The van der Waals surface area contributed by atoms with Crippen molar-refractivity contribution in [2.24, 2.45) is 0 Å². The average molecular weight is 433 g/mol. The first-order chi connectivity index (χ1) is 15.1. The number of thioether (sulfide) groups is 1. The van der Waals surface area contributed by atoms with Gasteiger partial charge in [-0.1, -0.05) is 48.2 Å². The molecule has 0 bridgehead atoms. The molecule has 1 fully saturated rings. The Morgan fingerprint density at radius 1 is 1.06 bits per heavy atom. The van der Waals surface area contributed by atoms with Crippen molar-refractivity contribution < 1.29 is 4.79 Å². The normalized spacial score (nSPS) is 14.4. The van der Waals surface area contributed by atoms with E-state index < -0.39 is 0 Å². The number of carbonyl (C=O) groups is 1. The lowest BCUT2D eigenvalue weighted by Crippen LogP contribution is -2.36. The molecule has 2 aromatic heterocycles. The molecule has 31 heavy (non-hydrogen) atoms. The van der Waals surface area contributed by atoms with Crippen molar-refractivity contribution in [2.75, 3.05) is 18.8 Å². The summed E-state index contributed by atoms with van der Waals surface area (Å²) in [4.78, 5) is 36.4. The fraction of sp³-hybridized carbons (Fsp3) is 0.292. The number of nitrogens with zero attached hydrogens (tertiary/aromatic N) is 3. The Morgan fingerprint density at radius 3 is 2.61 bits per heavy atom. The lowest BCUT2D eigenvalue weighted by atomic mass is 10.1. The Hall–Kier alpha value is -3.06. The van der Waals surface area contributed by atoms with Crippen LogP contribution >= 0.6 is 11.8 Å². The highest BCUT2D eigenvalue weighted by atomic mass is 32.2. The first-order valence-corrected chi connectivity index (χ1v) is 11.6. The zero-order valence-electron chi connectivity index (χ0n) is 17.4. The molecule has 0 unspecified atom stereocenters. The molecule has 0 aliphatic carbocycles. The van der Waals surface area contributed by atoms with Crippen molar-refractivity contribution in [1.82, 2.24) is 19.4 Å². The van der Waals surface area contributed by atoms with Gasteiger partial charge >= 0.3 is 0 Å². The number of nitrogens with one attached hydrogen (secondary N) is 1. The van der Waals surface area contributed by atoms with E-state index in [1.54, 1.807) is 4.57 Å². The molecule has 1 amide bonds. The first-order valence-electron chi connectivity index (χ1n) is 10.6. The van der Waals surface area contributed by atoms with Crippen molar-refractivity contribution in [3.05, 3.63) is 64.4 Å². The van der Waals surface area contributed by atoms with Crippen molar-refractivity contribution in [3.63, 3.8) is 0 Å². The highest BCUT2D eigenvalue weighted by Gasteiger charge is 2.21. The van der Waals surface area contributed by atoms with Crippen LogP contribution in [0.2, 0.25) is 0 Å². The zero-order valence-corrected chi connectivity index (χ0v) is 18.2. The molecule has 1 N–H and O–H groups in total. The van der Waals surface area contributed by atoms with Gasteiger partial charge < -0.3 is 9.88 Å². The van der Waals surface area contributed by atoms with Crippen molar-refractivity contribution in [3.8, 4) is 5.69 Å². The summed E-state index contributed by atoms with van der Waals surface area (Å²) in [7, 11) is 0. The largest absolute Gasteiger partial charge is 0.349 e. The number of aromatic nitrogens is 3. The number of aryl methyl sites for hydroxylation is 1. The van der Waals surface area contributed by atoms with Gasteiger partial charge in [-0.2, -0.15) is 0 Å². The lowest BCUT2D eigenvalue weighted by molar-refractivity contribution is -0.129. The summed E-state index contributed by atoms with van der Waals surface area (Å²) in [5, 5.41) is 1.46. The second kappa shape index (κ2) is 8.23. The summed E-state index contributed by atoms with van der Waals surface area (Å²) < 4.78 is 1.64. The van der Waals surface area contributed by atoms with Gasteiger partial charge in [0.15, 0.2) is 5.16 Å². The van der Waals surface area contributed by atoms with Crippen LogP contribution in [0.4, 0.5) is 0 Å². The number of fused-ring (bicyclic) bond motifs is 3. The Morgan fingerprint density at radius 2 is 1.81 bits per heavy atom. The monoisotopic (exact) mass is 432 g/mol. The third-order valence-electron chi connectivity index (χ3n) is 5.88. The summed E-state index contributed by atoms with van der Waals surface area (Å²) in [5.74, 6) is 0.376. The molecule has 1 saturated heterocycles. The number of para-hydroxylation sites is 2. The molecule has 0 saturated carbocycles. The smallest absolute Gasteiger partial charge is 0.283 e. The summed E-state index contributed by atoms with van der Waals surface area (Å²) in [6.07, 6.45) is 3.30. The highest BCUT2D eigenvalue weighted by molar-refractivity contribution is 7.99. The van der Waals surface area contributed by atoms with Crippen LogP contribution in [-0.4, -0.2) is 44.2 Å². The first kappa shape index (κ1) is 19.9. The Kier molecular flexibility index (Phi) is 5.28. The van der Waals surface area contributed by atoms with Crippen LogP contribution in [0.3, 0.4) is 0 Å². The Balaban J connectivity index is 1.63. The van der Waals surface area contributed by atoms with Crippen LogP contribution in [0.25, 0.3) is 27.6 Å². The van der Waals surface area contributed by atoms with Crippen LogP contribution in [0.1, 0.15) is 24.8 Å². The number of carbonyl (C=O) groups excluding carboxylic acids is 1. The minimum Gasteiger partial charge on any atom is -0.349 e. The third kappa shape index (κ3) is 3.63. The van der Waals surface area contributed by atoms with Crippen LogP contribution < -0.4 is 5.56 Å². The van der Waals surface area contributed by atoms with Gasteiger partial charge in [-0.15, -0.1) is 0 Å². The van der Waals surface area contributed by atoms with Gasteiger partial charge in [0.05, 0.1) is 11.4 Å². The molecule has 2 aromatic carbocycles. The summed E-state index contributed by atoms with van der Waals surface area (Å²) >= 11 is 1.34. The predicted octanol–water partition coefficient (Wildman–Crippen LogP) is 4.28. The SMILES string of the molecule is Cc1ccccc1-n1c(SCC(=O)N2CCCCC2)nc2c([nH]c3ccccc32)c1=O. The second-order valence-corrected chi connectivity index (χ2v) is 8.89. The third-order valence-corrected chi connectivity index (χ3v) is 6.81. The Bertz CT molecular complexity index is 1330. The van der Waals surface area contributed by atoms with E-state index in [4.69, 9.17) is 4.98 Å². The molecule has 7 heteroatoms. The molecule has 3 heterocycles. The van der Waals surface area contributed by atoms with E-state index in [1.165, 1.54) is 18.2 Å². The maximum Gasteiger partial charge on any atom is 0.283 e. The minimum atomic E-state index is -0.150. The van der Waals surface area contributed by atoms with E-state index in [0.29, 0.717) is 16.2 Å². The molecule has 158 valence electrons. The molecule has 1 aliphatic heterocycles. The molecule has 0 spiro atoms. The number of likely N-dealkylation sites (tertiary alicyclic amines) is 1. The van der Waals surface area contributed by atoms with Gasteiger partial charge in [-0.3, -0.25) is 14.2 Å². The van der Waals surface area contributed by atoms with Crippen LogP contribution in [0, 0.1) is 6.92 Å². The van der Waals surface area contributed by atoms with E-state index in [9.17, 15) is 9.59 Å². The minimum absolute atomic E-state index is 0.106. The van der Waals surface area contributed by atoms with Crippen molar-refractivity contribution in [2.45, 2.75) is 31.3 Å². The van der Waals surface area contributed by atoms with Crippen LogP contribution in [0.5, 0.6) is 0 Å².